The molecule has 0 spiro atoms. The Morgan fingerprint density at radius 1 is 0.500 bits per heavy atom. The lowest BCUT2D eigenvalue weighted by atomic mass is 10.0. The fraction of sp³-hybridized carbons (Fsp3) is 0.486. The molecule has 4 rings (SSSR count). The molecule has 0 aliphatic carbocycles. The van der Waals surface area contributed by atoms with Crippen LogP contribution in [-0.4, -0.2) is 69.3 Å². The van der Waals surface area contributed by atoms with Gasteiger partial charge in [-0.05, 0) is 72.4 Å². The molecule has 9 heteroatoms. The molecule has 0 unspecified atom stereocenters. The Labute approximate surface area is 262 Å². The predicted octanol–water partition coefficient (Wildman–Crippen LogP) is 3.79. The van der Waals surface area contributed by atoms with Crippen molar-refractivity contribution in [2.45, 2.75) is 72.4 Å². The van der Waals surface area contributed by atoms with Crippen molar-refractivity contribution in [2.24, 2.45) is 17.2 Å². The summed E-state index contributed by atoms with van der Waals surface area (Å²) in [5, 5.41) is 32.7. The molecule has 3 aromatic rings. The lowest BCUT2D eigenvalue weighted by Crippen LogP contribution is -2.36. The van der Waals surface area contributed by atoms with Crippen LogP contribution < -0.4 is 17.2 Å². The maximum absolute atomic E-state index is 10.9. The zero-order chi connectivity index (χ0) is 31.6. The molecule has 44 heavy (non-hydrogen) atoms. The normalized spacial score (nSPS) is 16.5. The highest BCUT2D eigenvalue weighted by molar-refractivity contribution is 5.44. The molecule has 1 fully saturated rings. The molecule has 0 saturated carbocycles. The van der Waals surface area contributed by atoms with Crippen LogP contribution in [0.1, 0.15) is 63.8 Å². The number of nitrogens with zero attached hydrogens (tertiary/aromatic N) is 3. The van der Waals surface area contributed by atoms with Gasteiger partial charge in [-0.2, -0.15) is 0 Å². The number of aromatic hydroxyl groups is 3. The molecule has 1 aliphatic rings. The number of hydrogen-bond donors (Lipinski definition) is 6. The highest BCUT2D eigenvalue weighted by atomic mass is 16.3. The van der Waals surface area contributed by atoms with Crippen LogP contribution in [0.4, 0.5) is 0 Å². The van der Waals surface area contributed by atoms with Gasteiger partial charge in [0.05, 0.1) is 0 Å². The van der Waals surface area contributed by atoms with Crippen LogP contribution >= 0.6 is 0 Å². The Balaban J connectivity index is 1.56. The van der Waals surface area contributed by atoms with Crippen molar-refractivity contribution < 1.29 is 15.3 Å². The summed E-state index contributed by atoms with van der Waals surface area (Å²) in [4.78, 5) is 7.27. The number of aryl methyl sites for hydroxylation is 2. The first kappa shape index (κ1) is 33.7. The molecule has 1 heterocycles. The molecule has 0 bridgehead atoms. The lowest BCUT2D eigenvalue weighted by Gasteiger charge is -2.31. The van der Waals surface area contributed by atoms with Gasteiger partial charge < -0.3 is 32.5 Å². The summed E-state index contributed by atoms with van der Waals surface area (Å²) in [6, 6.07) is 13.9. The largest absolute Gasteiger partial charge is 0.507 e. The highest BCUT2D eigenvalue weighted by Gasteiger charge is 2.18. The standard InChI is InChI=1S/C35H52N6O3/c1-25-15-29(20-37)34(43)31(17-25)23-40-11-4-9-39(22-28-8-3-7-27(19-36)33(28)42)10-5-12-41(14-6-13-40)24-32-18-26(2)16-30(21-38)35(32)44/h3,7-8,15-18,42-44H,4-6,9-14,19-24,36-38H2,1-2H3. The van der Waals surface area contributed by atoms with Crippen LogP contribution in [0.5, 0.6) is 17.2 Å². The van der Waals surface area contributed by atoms with E-state index in [1.165, 1.54) is 0 Å². The van der Waals surface area contributed by atoms with Crippen molar-refractivity contribution in [1.29, 1.82) is 0 Å². The van der Waals surface area contributed by atoms with Gasteiger partial charge in [0.25, 0.3) is 0 Å². The molecule has 0 amide bonds. The Bertz CT molecular complexity index is 1310. The van der Waals surface area contributed by atoms with E-state index in [0.29, 0.717) is 56.5 Å². The monoisotopic (exact) mass is 604 g/mol. The maximum Gasteiger partial charge on any atom is 0.124 e. The van der Waals surface area contributed by atoms with Gasteiger partial charge in [0.2, 0.25) is 0 Å². The predicted molar refractivity (Wildman–Crippen MR) is 177 cm³/mol. The second kappa shape index (κ2) is 16.2. The molecule has 240 valence electrons. The summed E-state index contributed by atoms with van der Waals surface area (Å²) in [6.45, 7) is 12.3. The molecule has 1 saturated heterocycles. The van der Waals surface area contributed by atoms with E-state index in [0.717, 1.165) is 103 Å². The highest BCUT2D eigenvalue weighted by Crippen LogP contribution is 2.28. The first-order valence-corrected chi connectivity index (χ1v) is 15.9. The van der Waals surface area contributed by atoms with Crippen molar-refractivity contribution in [3.63, 3.8) is 0 Å². The number of phenolic OH excluding ortho intramolecular Hbond substituents is 3. The molecular weight excluding hydrogens is 552 g/mol. The smallest absolute Gasteiger partial charge is 0.124 e. The average molecular weight is 605 g/mol. The second-order valence-electron chi connectivity index (χ2n) is 12.3. The topological polar surface area (TPSA) is 148 Å². The molecule has 0 atom stereocenters. The van der Waals surface area contributed by atoms with Gasteiger partial charge in [-0.25, -0.2) is 0 Å². The van der Waals surface area contributed by atoms with Crippen LogP contribution in [0.25, 0.3) is 0 Å². The van der Waals surface area contributed by atoms with Gasteiger partial charge in [-0.1, -0.05) is 53.6 Å². The Hall–Kier alpha value is -3.18. The van der Waals surface area contributed by atoms with Crippen molar-refractivity contribution in [2.75, 3.05) is 39.3 Å². The summed E-state index contributed by atoms with van der Waals surface area (Å²) in [7, 11) is 0. The van der Waals surface area contributed by atoms with Gasteiger partial charge in [0.15, 0.2) is 0 Å². The first-order chi connectivity index (χ1) is 21.2. The van der Waals surface area contributed by atoms with Gasteiger partial charge >= 0.3 is 0 Å². The van der Waals surface area contributed by atoms with E-state index in [1.807, 2.05) is 44.2 Å². The van der Waals surface area contributed by atoms with Crippen LogP contribution in [0.15, 0.2) is 42.5 Å². The van der Waals surface area contributed by atoms with Crippen molar-refractivity contribution >= 4 is 0 Å². The fourth-order valence-electron chi connectivity index (χ4n) is 6.44. The van der Waals surface area contributed by atoms with E-state index in [2.05, 4.69) is 26.8 Å². The zero-order valence-corrected chi connectivity index (χ0v) is 26.6. The molecule has 9 N–H and O–H groups in total. The van der Waals surface area contributed by atoms with E-state index in [4.69, 9.17) is 17.2 Å². The number of para-hydroxylation sites is 1. The van der Waals surface area contributed by atoms with Crippen LogP contribution in [0, 0.1) is 13.8 Å². The summed E-state index contributed by atoms with van der Waals surface area (Å²) in [5.41, 5.74) is 25.0. The molecule has 9 nitrogen and oxygen atoms in total. The SMILES string of the molecule is Cc1cc(CN)c(O)c(CN2CCCN(Cc3cccc(CN)c3O)CCCN(Cc3cc(C)cc(CN)c3O)CCC2)c1. The van der Waals surface area contributed by atoms with E-state index in [9.17, 15) is 15.3 Å². The third kappa shape index (κ3) is 8.94. The molecule has 1 aliphatic heterocycles. The number of benzene rings is 3. The summed E-state index contributed by atoms with van der Waals surface area (Å²) in [6.07, 6.45) is 2.91. The molecular formula is C35H52N6O3. The summed E-state index contributed by atoms with van der Waals surface area (Å²) < 4.78 is 0. The minimum absolute atomic E-state index is 0.292. The number of nitrogens with two attached hydrogens (primary N) is 3. The van der Waals surface area contributed by atoms with Crippen LogP contribution in [-0.2, 0) is 39.3 Å². The van der Waals surface area contributed by atoms with Gasteiger partial charge in [0.1, 0.15) is 17.2 Å². The zero-order valence-electron chi connectivity index (χ0n) is 26.6. The average Bonchev–Trinajstić information content (AvgIpc) is 3.00. The third-order valence-electron chi connectivity index (χ3n) is 8.72. The number of hydrogen-bond acceptors (Lipinski definition) is 9. The van der Waals surface area contributed by atoms with Crippen molar-refractivity contribution in [1.82, 2.24) is 14.7 Å². The van der Waals surface area contributed by atoms with Gasteiger partial charge in [-0.15, -0.1) is 0 Å². The van der Waals surface area contributed by atoms with Crippen molar-refractivity contribution in [3.8, 4) is 17.2 Å². The van der Waals surface area contributed by atoms with Crippen LogP contribution in [0.2, 0.25) is 0 Å². The summed E-state index contributed by atoms with van der Waals surface area (Å²) >= 11 is 0. The summed E-state index contributed by atoms with van der Waals surface area (Å²) in [5.74, 6) is 0.891. The van der Waals surface area contributed by atoms with E-state index < -0.39 is 0 Å². The lowest BCUT2D eigenvalue weighted by molar-refractivity contribution is 0.170. The molecule has 0 aromatic heterocycles. The Morgan fingerprint density at radius 2 is 0.818 bits per heavy atom. The van der Waals surface area contributed by atoms with Crippen molar-refractivity contribution in [3.05, 3.63) is 87.0 Å². The molecule has 3 aromatic carbocycles. The van der Waals surface area contributed by atoms with E-state index in [1.54, 1.807) is 0 Å². The van der Waals surface area contributed by atoms with Gasteiger partial charge in [-0.3, -0.25) is 14.7 Å². The molecule has 0 radical (unpaired) electrons. The third-order valence-corrected chi connectivity index (χ3v) is 8.72. The van der Waals surface area contributed by atoms with Crippen LogP contribution in [0.3, 0.4) is 0 Å². The second-order valence-corrected chi connectivity index (χ2v) is 12.3. The minimum atomic E-state index is 0.292. The first-order valence-electron chi connectivity index (χ1n) is 15.9. The number of rotatable bonds is 9. The van der Waals surface area contributed by atoms with Gasteiger partial charge in [0, 0.05) is 72.6 Å². The quantitative estimate of drug-likeness (QED) is 0.215. The Kier molecular flexibility index (Phi) is 12.4. The van der Waals surface area contributed by atoms with E-state index in [-0.39, 0.29) is 0 Å². The van der Waals surface area contributed by atoms with E-state index >= 15 is 0 Å². The minimum Gasteiger partial charge on any atom is -0.507 e. The Morgan fingerprint density at radius 3 is 1.20 bits per heavy atom. The maximum atomic E-state index is 10.9. The fourth-order valence-corrected chi connectivity index (χ4v) is 6.44. The number of phenols is 3.